The maximum Gasteiger partial charge on any atom is 0.295 e. The average Bonchev–Trinajstić information content (AvgIpc) is 2.96. The molecule has 1 unspecified atom stereocenters. The molecule has 0 bridgehead atoms. The number of aromatic nitrogens is 1. The lowest BCUT2D eigenvalue weighted by Crippen LogP contribution is -2.38. The van der Waals surface area contributed by atoms with Gasteiger partial charge in [-0.05, 0) is 25.0 Å². The number of rotatable bonds is 3. The van der Waals surface area contributed by atoms with Gasteiger partial charge in [-0.3, -0.25) is 9.59 Å². The molecule has 2 heterocycles. The molecule has 0 saturated carbocycles. The highest BCUT2D eigenvalue weighted by molar-refractivity contribution is 7.91. The summed E-state index contributed by atoms with van der Waals surface area (Å²) < 4.78 is 25.5. The number of amides is 1. The number of Topliss-reactive ketones (excluding diaryl/α,β-unsaturated/α-hetero) is 1. The predicted octanol–water partition coefficient (Wildman–Crippen LogP) is 3.05. The summed E-state index contributed by atoms with van der Waals surface area (Å²) in [6.45, 7) is 2.02. The van der Waals surface area contributed by atoms with Crippen LogP contribution in [0.1, 0.15) is 33.3 Å². The first-order valence-electron chi connectivity index (χ1n) is 9.56. The lowest BCUT2D eigenvalue weighted by molar-refractivity contribution is -0.126. The number of sulfone groups is 1. The summed E-state index contributed by atoms with van der Waals surface area (Å²) in [5.41, 5.74) is 2.51. The molecule has 2 aromatic carbocycles. The monoisotopic (exact) mass is 410 g/mol. The normalized spacial score (nSPS) is 19.1. The van der Waals surface area contributed by atoms with Crippen LogP contribution in [0, 0.1) is 6.92 Å². The molecule has 1 aliphatic rings. The van der Waals surface area contributed by atoms with Crippen LogP contribution >= 0.6 is 0 Å². The smallest absolute Gasteiger partial charge is 0.295 e. The van der Waals surface area contributed by atoms with Gasteiger partial charge in [-0.25, -0.2) is 8.42 Å². The van der Waals surface area contributed by atoms with Crippen molar-refractivity contribution >= 4 is 32.4 Å². The minimum Gasteiger partial charge on any atom is -0.358 e. The van der Waals surface area contributed by atoms with Gasteiger partial charge in [0.1, 0.15) is 0 Å². The number of nitrogens with one attached hydrogen (secondary N) is 1. The molecule has 150 valence electrons. The summed E-state index contributed by atoms with van der Waals surface area (Å²) >= 11 is 0. The number of nitrogens with zero attached hydrogens (tertiary/aromatic N) is 1. The molecule has 6 nitrogen and oxygen atoms in total. The highest BCUT2D eigenvalue weighted by Gasteiger charge is 2.35. The molecule has 0 radical (unpaired) electrons. The Morgan fingerprint density at radius 3 is 2.45 bits per heavy atom. The van der Waals surface area contributed by atoms with E-state index in [1.54, 1.807) is 25.1 Å². The van der Waals surface area contributed by atoms with E-state index < -0.39 is 26.8 Å². The van der Waals surface area contributed by atoms with E-state index in [2.05, 4.69) is 4.98 Å². The minimum absolute atomic E-state index is 0.0254. The van der Waals surface area contributed by atoms with Gasteiger partial charge in [0.15, 0.2) is 9.84 Å². The number of benzene rings is 2. The van der Waals surface area contributed by atoms with Gasteiger partial charge >= 0.3 is 0 Å². The van der Waals surface area contributed by atoms with Crippen molar-refractivity contribution in [3.8, 4) is 0 Å². The molecule has 1 fully saturated rings. The van der Waals surface area contributed by atoms with Crippen LogP contribution in [0.2, 0.25) is 0 Å². The Kier molecular flexibility index (Phi) is 5.00. The maximum absolute atomic E-state index is 13.0. The number of fused-ring (bicyclic) bond motifs is 1. The Bertz CT molecular complexity index is 1180. The van der Waals surface area contributed by atoms with Crippen LogP contribution in [0.4, 0.5) is 0 Å². The van der Waals surface area contributed by atoms with Gasteiger partial charge < -0.3 is 9.88 Å². The first-order chi connectivity index (χ1) is 13.9. The number of carbonyl (C=O) groups is 2. The van der Waals surface area contributed by atoms with E-state index in [1.165, 1.54) is 4.90 Å². The van der Waals surface area contributed by atoms with Crippen molar-refractivity contribution in [2.24, 2.45) is 0 Å². The number of hydrogen-bond acceptors (Lipinski definition) is 4. The van der Waals surface area contributed by atoms with Crippen LogP contribution < -0.4 is 0 Å². The fraction of sp³-hybridized carbons (Fsp3) is 0.273. The third kappa shape index (κ3) is 3.58. The lowest BCUT2D eigenvalue weighted by atomic mass is 10.1. The third-order valence-electron chi connectivity index (χ3n) is 5.51. The number of hydrogen-bond donors (Lipinski definition) is 1. The van der Waals surface area contributed by atoms with E-state index >= 15 is 0 Å². The van der Waals surface area contributed by atoms with Gasteiger partial charge in [0.05, 0.1) is 16.6 Å². The standard InChI is InChI=1S/C22H22N2O4S/c1-15-20(17-9-5-6-10-18(17)23-15)21(25)22(26)24-12-11-19(29(27,28)14-13-24)16-7-3-2-4-8-16/h2-10,19,23H,11-14H2,1H3. The van der Waals surface area contributed by atoms with Crippen LogP contribution in [-0.2, 0) is 14.6 Å². The van der Waals surface area contributed by atoms with Gasteiger partial charge in [0, 0.05) is 29.7 Å². The molecule has 0 aliphatic carbocycles. The van der Waals surface area contributed by atoms with Crippen molar-refractivity contribution in [1.29, 1.82) is 0 Å². The second kappa shape index (κ2) is 7.48. The fourth-order valence-corrected chi connectivity index (χ4v) is 5.80. The van der Waals surface area contributed by atoms with Crippen molar-refractivity contribution < 1.29 is 18.0 Å². The molecule has 1 N–H and O–H groups in total. The molecular weight excluding hydrogens is 388 g/mol. The van der Waals surface area contributed by atoms with Crippen molar-refractivity contribution in [2.45, 2.75) is 18.6 Å². The van der Waals surface area contributed by atoms with Crippen LogP contribution in [0.15, 0.2) is 54.6 Å². The summed E-state index contributed by atoms with van der Waals surface area (Å²) in [7, 11) is -3.41. The van der Waals surface area contributed by atoms with Crippen molar-refractivity contribution in [2.75, 3.05) is 18.8 Å². The van der Waals surface area contributed by atoms with Crippen molar-refractivity contribution in [3.05, 3.63) is 71.4 Å². The molecule has 4 rings (SSSR count). The molecule has 7 heteroatoms. The SMILES string of the molecule is Cc1[nH]c2ccccc2c1C(=O)C(=O)N1CCC(c2ccccc2)S(=O)(=O)CC1. The van der Waals surface area contributed by atoms with E-state index in [-0.39, 0.29) is 25.3 Å². The Morgan fingerprint density at radius 1 is 1.00 bits per heavy atom. The largest absolute Gasteiger partial charge is 0.358 e. The lowest BCUT2D eigenvalue weighted by Gasteiger charge is -2.19. The van der Waals surface area contributed by atoms with Crippen LogP contribution in [0.5, 0.6) is 0 Å². The van der Waals surface area contributed by atoms with Crippen LogP contribution in [0.25, 0.3) is 10.9 Å². The first kappa shape index (κ1) is 19.4. The summed E-state index contributed by atoms with van der Waals surface area (Å²) in [5.74, 6) is -1.41. The Morgan fingerprint density at radius 2 is 1.69 bits per heavy atom. The predicted molar refractivity (Wildman–Crippen MR) is 112 cm³/mol. The van der Waals surface area contributed by atoms with Gasteiger partial charge in [0.25, 0.3) is 11.7 Å². The number of H-pyrrole nitrogens is 1. The zero-order valence-corrected chi connectivity index (χ0v) is 16.9. The Labute approximate surface area is 169 Å². The van der Waals surface area contributed by atoms with Crippen LogP contribution in [-0.4, -0.2) is 48.8 Å². The average molecular weight is 410 g/mol. The number of para-hydroxylation sites is 1. The van der Waals surface area contributed by atoms with Gasteiger partial charge in [-0.2, -0.15) is 0 Å². The molecular formula is C22H22N2O4S. The number of aryl methyl sites for hydroxylation is 1. The Balaban J connectivity index is 1.60. The fourth-order valence-electron chi connectivity index (χ4n) is 4.01. The van der Waals surface area contributed by atoms with E-state index in [1.807, 2.05) is 36.4 Å². The molecule has 1 aliphatic heterocycles. The highest BCUT2D eigenvalue weighted by atomic mass is 32.2. The number of carbonyl (C=O) groups excluding carboxylic acids is 2. The second-order valence-electron chi connectivity index (χ2n) is 7.35. The van der Waals surface area contributed by atoms with E-state index in [0.717, 1.165) is 11.1 Å². The highest BCUT2D eigenvalue weighted by Crippen LogP contribution is 2.30. The summed E-state index contributed by atoms with van der Waals surface area (Å²) in [6, 6.07) is 16.4. The van der Waals surface area contributed by atoms with Gasteiger partial charge in [0.2, 0.25) is 0 Å². The van der Waals surface area contributed by atoms with Crippen LogP contribution in [0.3, 0.4) is 0 Å². The zero-order valence-electron chi connectivity index (χ0n) is 16.1. The van der Waals surface area contributed by atoms with E-state index in [9.17, 15) is 18.0 Å². The Hall–Kier alpha value is -2.93. The molecule has 0 spiro atoms. The zero-order chi connectivity index (χ0) is 20.6. The van der Waals surface area contributed by atoms with Gasteiger partial charge in [-0.1, -0.05) is 48.5 Å². The maximum atomic E-state index is 13.0. The van der Waals surface area contributed by atoms with E-state index in [0.29, 0.717) is 16.6 Å². The number of ketones is 1. The summed E-state index contributed by atoms with van der Waals surface area (Å²) in [4.78, 5) is 30.5. The molecule has 1 saturated heterocycles. The van der Waals surface area contributed by atoms with E-state index in [4.69, 9.17) is 0 Å². The summed E-state index contributed by atoms with van der Waals surface area (Å²) in [5, 5.41) is 0.0411. The van der Waals surface area contributed by atoms with Crippen molar-refractivity contribution in [3.63, 3.8) is 0 Å². The second-order valence-corrected chi connectivity index (χ2v) is 9.65. The topological polar surface area (TPSA) is 87.3 Å². The molecule has 1 atom stereocenters. The molecule has 29 heavy (non-hydrogen) atoms. The molecule has 1 amide bonds. The quantitative estimate of drug-likeness (QED) is 0.531. The summed E-state index contributed by atoms with van der Waals surface area (Å²) in [6.07, 6.45) is 0.276. The minimum atomic E-state index is -3.41. The third-order valence-corrected chi connectivity index (χ3v) is 7.64. The number of aromatic amines is 1. The first-order valence-corrected chi connectivity index (χ1v) is 11.3. The molecule has 1 aromatic heterocycles. The van der Waals surface area contributed by atoms with Gasteiger partial charge in [-0.15, -0.1) is 0 Å². The van der Waals surface area contributed by atoms with Crippen molar-refractivity contribution in [1.82, 2.24) is 9.88 Å². The molecule has 3 aromatic rings.